The average molecular weight is 434 g/mol. The van der Waals surface area contributed by atoms with E-state index in [1.165, 1.54) is 12.8 Å². The Labute approximate surface area is 188 Å². The molecule has 3 atom stereocenters. The van der Waals surface area contributed by atoms with Crippen molar-refractivity contribution in [2.75, 3.05) is 0 Å². The summed E-state index contributed by atoms with van der Waals surface area (Å²) in [6, 6.07) is 14.4. The van der Waals surface area contributed by atoms with Gasteiger partial charge in [0.1, 0.15) is 11.4 Å². The number of halogens is 1. The van der Waals surface area contributed by atoms with Gasteiger partial charge in [0.15, 0.2) is 5.65 Å². The van der Waals surface area contributed by atoms with Crippen LogP contribution in [0.1, 0.15) is 45.6 Å². The SMILES string of the molecule is CC1CC[C@H](C)CC(n2nc(-c3cccn3C)c3c(Cl)c(-c4ccccc4)nnc32)C1. The van der Waals surface area contributed by atoms with Crippen LogP contribution in [-0.4, -0.2) is 24.5 Å². The molecular formula is C25H28ClN5. The lowest BCUT2D eigenvalue weighted by molar-refractivity contribution is 0.349. The Hall–Kier alpha value is -2.66. The lowest BCUT2D eigenvalue weighted by Crippen LogP contribution is -2.15. The predicted molar refractivity (Wildman–Crippen MR) is 126 cm³/mol. The Balaban J connectivity index is 1.75. The van der Waals surface area contributed by atoms with Crippen LogP contribution < -0.4 is 0 Å². The topological polar surface area (TPSA) is 48.5 Å². The molecule has 2 unspecified atom stereocenters. The summed E-state index contributed by atoms with van der Waals surface area (Å²) < 4.78 is 4.20. The van der Waals surface area contributed by atoms with Crippen LogP contribution in [-0.2, 0) is 7.05 Å². The molecule has 1 saturated carbocycles. The van der Waals surface area contributed by atoms with Crippen LogP contribution in [0.3, 0.4) is 0 Å². The van der Waals surface area contributed by atoms with E-state index in [0.29, 0.717) is 28.6 Å². The molecule has 0 bridgehead atoms. The summed E-state index contributed by atoms with van der Waals surface area (Å²) in [4.78, 5) is 0. The average Bonchev–Trinajstić information content (AvgIpc) is 3.31. The Bertz CT molecular complexity index is 1200. The van der Waals surface area contributed by atoms with E-state index in [-0.39, 0.29) is 0 Å². The van der Waals surface area contributed by atoms with Crippen molar-refractivity contribution in [3.63, 3.8) is 0 Å². The van der Waals surface area contributed by atoms with E-state index < -0.39 is 0 Å². The highest BCUT2D eigenvalue weighted by atomic mass is 35.5. The highest BCUT2D eigenvalue weighted by Crippen LogP contribution is 2.41. The van der Waals surface area contributed by atoms with Crippen LogP contribution in [0.25, 0.3) is 33.7 Å². The molecule has 5 nitrogen and oxygen atoms in total. The zero-order valence-corrected chi connectivity index (χ0v) is 19.0. The van der Waals surface area contributed by atoms with Crippen molar-refractivity contribution >= 4 is 22.6 Å². The smallest absolute Gasteiger partial charge is 0.182 e. The zero-order chi connectivity index (χ0) is 21.5. The van der Waals surface area contributed by atoms with Gasteiger partial charge in [-0.25, -0.2) is 4.68 Å². The summed E-state index contributed by atoms with van der Waals surface area (Å²) in [5.74, 6) is 1.33. The molecule has 3 aromatic heterocycles. The second-order valence-electron chi connectivity index (χ2n) is 9.14. The normalized spacial score (nSPS) is 22.0. The molecule has 1 fully saturated rings. The van der Waals surface area contributed by atoms with Crippen molar-refractivity contribution in [2.24, 2.45) is 18.9 Å². The zero-order valence-electron chi connectivity index (χ0n) is 18.3. The number of hydrogen-bond acceptors (Lipinski definition) is 3. The van der Waals surface area contributed by atoms with E-state index in [4.69, 9.17) is 21.8 Å². The van der Waals surface area contributed by atoms with E-state index in [1.54, 1.807) is 0 Å². The molecule has 1 aliphatic rings. The van der Waals surface area contributed by atoms with Crippen molar-refractivity contribution in [2.45, 2.75) is 45.6 Å². The van der Waals surface area contributed by atoms with Gasteiger partial charge in [-0.1, -0.05) is 68.6 Å². The number of rotatable bonds is 3. The van der Waals surface area contributed by atoms with E-state index in [2.05, 4.69) is 34.3 Å². The van der Waals surface area contributed by atoms with Gasteiger partial charge in [0.05, 0.1) is 22.1 Å². The predicted octanol–water partition coefficient (Wildman–Crippen LogP) is 6.54. The Kier molecular flexibility index (Phi) is 5.30. The number of hydrogen-bond donors (Lipinski definition) is 0. The maximum absolute atomic E-state index is 7.03. The molecule has 0 amide bonds. The molecule has 1 aromatic carbocycles. The van der Waals surface area contributed by atoms with Crippen molar-refractivity contribution in [1.82, 2.24) is 24.5 Å². The van der Waals surface area contributed by atoms with E-state index in [0.717, 1.165) is 40.8 Å². The maximum atomic E-state index is 7.03. The van der Waals surface area contributed by atoms with Gasteiger partial charge in [-0.3, -0.25) is 0 Å². The molecular weight excluding hydrogens is 406 g/mol. The van der Waals surface area contributed by atoms with Crippen LogP contribution in [0.15, 0.2) is 48.7 Å². The second-order valence-corrected chi connectivity index (χ2v) is 9.52. The van der Waals surface area contributed by atoms with E-state index >= 15 is 0 Å². The summed E-state index contributed by atoms with van der Waals surface area (Å²) in [6.45, 7) is 4.70. The second kappa shape index (κ2) is 8.12. The van der Waals surface area contributed by atoms with Crippen LogP contribution in [0.2, 0.25) is 5.02 Å². The van der Waals surface area contributed by atoms with Gasteiger partial charge in [-0.15, -0.1) is 10.2 Å². The minimum Gasteiger partial charge on any atom is -0.349 e. The standard InChI is InChI=1S/C25H28ClN5/c1-16-11-12-17(2)15-19(14-16)31-25-21(24(29-31)20-10-7-13-30(20)3)22(26)23(27-28-25)18-8-5-4-6-9-18/h4-10,13,16-17,19H,11-12,14-15H2,1-3H3/t16-,17?,19?/m0/s1. The first-order valence-corrected chi connectivity index (χ1v) is 11.5. The van der Waals surface area contributed by atoms with Gasteiger partial charge < -0.3 is 4.57 Å². The number of nitrogens with zero attached hydrogens (tertiary/aromatic N) is 5. The number of fused-ring (bicyclic) bond motifs is 1. The molecule has 4 aromatic rings. The van der Waals surface area contributed by atoms with Gasteiger partial charge in [0.2, 0.25) is 0 Å². The molecule has 1 aliphatic carbocycles. The summed E-state index contributed by atoms with van der Waals surface area (Å²) in [6.07, 6.45) is 6.79. The van der Waals surface area contributed by atoms with Gasteiger partial charge in [-0.05, 0) is 36.8 Å². The third-order valence-electron chi connectivity index (χ3n) is 6.64. The van der Waals surface area contributed by atoms with Crippen LogP contribution in [0.5, 0.6) is 0 Å². The summed E-state index contributed by atoms with van der Waals surface area (Å²) in [7, 11) is 2.04. The Morgan fingerprint density at radius 1 is 0.903 bits per heavy atom. The highest BCUT2D eigenvalue weighted by molar-refractivity contribution is 6.38. The van der Waals surface area contributed by atoms with E-state index in [1.807, 2.05) is 49.6 Å². The first-order chi connectivity index (χ1) is 15.0. The van der Waals surface area contributed by atoms with E-state index in [9.17, 15) is 0 Å². The largest absolute Gasteiger partial charge is 0.349 e. The fraction of sp³-hybridized carbons (Fsp3) is 0.400. The molecule has 0 aliphatic heterocycles. The summed E-state index contributed by atoms with van der Waals surface area (Å²) in [5.41, 5.74) is 4.36. The van der Waals surface area contributed by atoms with Crippen LogP contribution >= 0.6 is 11.6 Å². The fourth-order valence-electron chi connectivity index (χ4n) is 4.93. The molecule has 0 spiro atoms. The van der Waals surface area contributed by atoms with Crippen molar-refractivity contribution < 1.29 is 0 Å². The molecule has 0 N–H and O–H groups in total. The van der Waals surface area contributed by atoms with Crippen LogP contribution in [0.4, 0.5) is 0 Å². The first-order valence-electron chi connectivity index (χ1n) is 11.1. The minimum atomic E-state index is 0.303. The Morgan fingerprint density at radius 3 is 2.26 bits per heavy atom. The van der Waals surface area contributed by atoms with Crippen molar-refractivity contribution in [1.29, 1.82) is 0 Å². The van der Waals surface area contributed by atoms with Gasteiger partial charge in [-0.2, -0.15) is 5.10 Å². The molecule has 3 heterocycles. The molecule has 6 heteroatoms. The van der Waals surface area contributed by atoms with Crippen molar-refractivity contribution in [3.05, 3.63) is 53.7 Å². The lowest BCUT2D eigenvalue weighted by Gasteiger charge is -2.19. The Morgan fingerprint density at radius 2 is 1.61 bits per heavy atom. The van der Waals surface area contributed by atoms with Crippen LogP contribution in [0, 0.1) is 11.8 Å². The van der Waals surface area contributed by atoms with Gasteiger partial charge >= 0.3 is 0 Å². The van der Waals surface area contributed by atoms with Gasteiger partial charge in [0.25, 0.3) is 0 Å². The third kappa shape index (κ3) is 3.65. The first kappa shape index (κ1) is 20.3. The fourth-order valence-corrected chi connectivity index (χ4v) is 5.26. The third-order valence-corrected chi connectivity index (χ3v) is 7.01. The molecule has 160 valence electrons. The van der Waals surface area contributed by atoms with Gasteiger partial charge in [0, 0.05) is 18.8 Å². The lowest BCUT2D eigenvalue weighted by atomic mass is 10.00. The summed E-state index contributed by atoms with van der Waals surface area (Å²) >= 11 is 7.03. The molecule has 5 rings (SSSR count). The van der Waals surface area contributed by atoms with Crippen molar-refractivity contribution in [3.8, 4) is 22.6 Å². The molecule has 31 heavy (non-hydrogen) atoms. The summed E-state index contributed by atoms with van der Waals surface area (Å²) in [5, 5.41) is 15.9. The number of benzene rings is 1. The minimum absolute atomic E-state index is 0.303. The quantitative estimate of drug-likeness (QED) is 0.344. The monoisotopic (exact) mass is 433 g/mol. The maximum Gasteiger partial charge on any atom is 0.182 e. The highest BCUT2D eigenvalue weighted by Gasteiger charge is 2.29. The number of aromatic nitrogens is 5. The molecule has 0 saturated heterocycles. The number of aryl methyl sites for hydroxylation is 1. The molecule has 0 radical (unpaired) electrons.